The summed E-state index contributed by atoms with van der Waals surface area (Å²) in [7, 11) is -1.06. The topological polar surface area (TPSA) is 75.7 Å². The molecule has 0 radical (unpaired) electrons. The van der Waals surface area contributed by atoms with Gasteiger partial charge in [-0.05, 0) is 35.9 Å². The van der Waals surface area contributed by atoms with Crippen molar-refractivity contribution in [3.05, 3.63) is 89.7 Å². The molecule has 0 saturated carbocycles. The van der Waals surface area contributed by atoms with Crippen molar-refractivity contribution < 1.29 is 22.3 Å². The van der Waals surface area contributed by atoms with Crippen LogP contribution >= 0.6 is 0 Å². The number of benzene rings is 3. The van der Waals surface area contributed by atoms with Gasteiger partial charge in [-0.1, -0.05) is 42.5 Å². The molecule has 0 aliphatic heterocycles. The van der Waals surface area contributed by atoms with Gasteiger partial charge < -0.3 is 10.1 Å². The number of carbonyl (C=O) groups is 1. The van der Waals surface area contributed by atoms with Crippen molar-refractivity contribution in [2.75, 3.05) is 19.5 Å². The zero-order chi connectivity index (χ0) is 21.7. The smallest absolute Gasteiger partial charge is 0.258 e. The van der Waals surface area contributed by atoms with Gasteiger partial charge in [-0.15, -0.1) is 0 Å². The first kappa shape index (κ1) is 21.5. The van der Waals surface area contributed by atoms with Gasteiger partial charge in [0.15, 0.2) is 0 Å². The maximum absolute atomic E-state index is 14.3. The predicted molar refractivity (Wildman–Crippen MR) is 112 cm³/mol. The van der Waals surface area contributed by atoms with E-state index in [-0.39, 0.29) is 17.0 Å². The van der Waals surface area contributed by atoms with Crippen LogP contribution in [0.5, 0.6) is 5.75 Å². The molecule has 30 heavy (non-hydrogen) atoms. The number of carbonyl (C=O) groups excluding carboxylic acids is 1. The second-order valence-corrected chi connectivity index (χ2v) is 8.59. The molecule has 1 N–H and O–H groups in total. The van der Waals surface area contributed by atoms with E-state index < -0.39 is 21.7 Å². The molecule has 0 aromatic heterocycles. The van der Waals surface area contributed by atoms with E-state index in [4.69, 9.17) is 4.74 Å². The summed E-state index contributed by atoms with van der Waals surface area (Å²) >= 11 is 0. The largest absolute Gasteiger partial charge is 0.495 e. The summed E-state index contributed by atoms with van der Waals surface area (Å²) < 4.78 is 46.5. The Morgan fingerprint density at radius 3 is 2.40 bits per heavy atom. The molecule has 156 valence electrons. The van der Waals surface area contributed by atoms with E-state index in [0.29, 0.717) is 11.4 Å². The van der Waals surface area contributed by atoms with E-state index in [9.17, 15) is 17.6 Å². The third-order valence-electron chi connectivity index (χ3n) is 4.49. The Labute approximate surface area is 175 Å². The number of ether oxygens (including phenoxy) is 1. The lowest BCUT2D eigenvalue weighted by Crippen LogP contribution is -2.27. The van der Waals surface area contributed by atoms with Crippen molar-refractivity contribution >= 4 is 21.6 Å². The molecule has 0 fully saturated rings. The molecule has 0 aliphatic carbocycles. The van der Waals surface area contributed by atoms with Crippen LogP contribution in [-0.2, 0) is 16.6 Å². The van der Waals surface area contributed by atoms with Gasteiger partial charge in [-0.2, -0.15) is 4.31 Å². The second kappa shape index (κ2) is 9.06. The summed E-state index contributed by atoms with van der Waals surface area (Å²) in [5, 5.41) is 2.55. The Morgan fingerprint density at radius 1 is 1.03 bits per heavy atom. The molecule has 0 spiro atoms. The molecule has 0 aliphatic rings. The number of anilines is 1. The summed E-state index contributed by atoms with van der Waals surface area (Å²) in [5.41, 5.74) is 0.772. The van der Waals surface area contributed by atoms with Gasteiger partial charge in [0.05, 0.1) is 23.3 Å². The SMILES string of the molecule is COc1ccccc1NC(=O)c1cc(S(=O)(=O)N(C)Cc2ccccc2)ccc1F. The Kier molecular flexibility index (Phi) is 6.49. The van der Waals surface area contributed by atoms with Crippen molar-refractivity contribution in [2.24, 2.45) is 0 Å². The van der Waals surface area contributed by atoms with Crippen molar-refractivity contribution in [3.63, 3.8) is 0 Å². The molecule has 3 rings (SSSR count). The standard InChI is InChI=1S/C22H21FN2O4S/c1-25(15-16-8-4-3-5-9-16)30(27,28)17-12-13-19(23)18(14-17)22(26)24-20-10-6-7-11-21(20)29-2/h3-14H,15H2,1-2H3,(H,24,26). The van der Waals surface area contributed by atoms with Crippen molar-refractivity contribution in [2.45, 2.75) is 11.4 Å². The summed E-state index contributed by atoms with van der Waals surface area (Å²) in [4.78, 5) is 12.5. The minimum atomic E-state index is -3.93. The average molecular weight is 428 g/mol. The number of amides is 1. The molecule has 0 atom stereocenters. The van der Waals surface area contributed by atoms with Crippen LogP contribution in [0.25, 0.3) is 0 Å². The first-order chi connectivity index (χ1) is 14.3. The average Bonchev–Trinajstić information content (AvgIpc) is 2.75. The Hall–Kier alpha value is -3.23. The molecule has 0 bridgehead atoms. The van der Waals surface area contributed by atoms with Crippen LogP contribution in [0.2, 0.25) is 0 Å². The summed E-state index contributed by atoms with van der Waals surface area (Å²) in [6, 6.07) is 18.9. The van der Waals surface area contributed by atoms with Crippen LogP contribution in [0.15, 0.2) is 77.7 Å². The van der Waals surface area contributed by atoms with Crippen LogP contribution < -0.4 is 10.1 Å². The van der Waals surface area contributed by atoms with Gasteiger partial charge in [0.25, 0.3) is 5.91 Å². The molecular formula is C22H21FN2O4S. The fourth-order valence-electron chi connectivity index (χ4n) is 2.88. The molecule has 3 aromatic rings. The Balaban J connectivity index is 1.87. The predicted octanol–water partition coefficient (Wildman–Crippen LogP) is 3.91. The first-order valence-electron chi connectivity index (χ1n) is 9.07. The van der Waals surface area contributed by atoms with Crippen LogP contribution in [0.1, 0.15) is 15.9 Å². The van der Waals surface area contributed by atoms with E-state index >= 15 is 0 Å². The highest BCUT2D eigenvalue weighted by Gasteiger charge is 2.24. The Morgan fingerprint density at radius 2 is 1.70 bits per heavy atom. The van der Waals surface area contributed by atoms with Crippen LogP contribution in [-0.4, -0.2) is 32.8 Å². The highest BCUT2D eigenvalue weighted by molar-refractivity contribution is 7.89. The molecule has 3 aromatic carbocycles. The molecule has 0 saturated heterocycles. The zero-order valence-electron chi connectivity index (χ0n) is 16.5. The number of nitrogens with zero attached hydrogens (tertiary/aromatic N) is 1. The van der Waals surface area contributed by atoms with Gasteiger partial charge >= 0.3 is 0 Å². The third kappa shape index (κ3) is 4.67. The normalized spacial score (nSPS) is 11.3. The van der Waals surface area contributed by atoms with Crippen molar-refractivity contribution in [1.29, 1.82) is 0 Å². The van der Waals surface area contributed by atoms with Crippen LogP contribution in [0.4, 0.5) is 10.1 Å². The number of nitrogens with one attached hydrogen (secondary N) is 1. The van der Waals surface area contributed by atoms with Gasteiger partial charge in [0.2, 0.25) is 10.0 Å². The number of hydrogen-bond donors (Lipinski definition) is 1. The molecule has 0 heterocycles. The van der Waals surface area contributed by atoms with E-state index in [2.05, 4.69) is 5.32 Å². The lowest BCUT2D eigenvalue weighted by molar-refractivity contribution is 0.102. The van der Waals surface area contributed by atoms with Crippen molar-refractivity contribution in [3.8, 4) is 5.75 Å². The van der Waals surface area contributed by atoms with E-state index in [1.807, 2.05) is 30.3 Å². The molecular weight excluding hydrogens is 407 g/mol. The fraction of sp³-hybridized carbons (Fsp3) is 0.136. The minimum Gasteiger partial charge on any atom is -0.495 e. The van der Waals surface area contributed by atoms with Crippen molar-refractivity contribution in [1.82, 2.24) is 4.31 Å². The number of halogens is 1. The maximum Gasteiger partial charge on any atom is 0.258 e. The van der Waals surface area contributed by atoms with Gasteiger partial charge in [-0.25, -0.2) is 12.8 Å². The monoisotopic (exact) mass is 428 g/mol. The molecule has 8 heteroatoms. The number of hydrogen-bond acceptors (Lipinski definition) is 4. The number of para-hydroxylation sites is 2. The van der Waals surface area contributed by atoms with E-state index in [0.717, 1.165) is 28.1 Å². The molecule has 1 amide bonds. The van der Waals surface area contributed by atoms with E-state index in [1.54, 1.807) is 24.3 Å². The number of methoxy groups -OCH3 is 1. The summed E-state index contributed by atoms with van der Waals surface area (Å²) in [6.45, 7) is 0.142. The molecule has 6 nitrogen and oxygen atoms in total. The Bertz CT molecular complexity index is 1150. The van der Waals surface area contributed by atoms with Gasteiger partial charge in [0, 0.05) is 13.6 Å². The first-order valence-corrected chi connectivity index (χ1v) is 10.5. The van der Waals surface area contributed by atoms with Gasteiger partial charge in [-0.3, -0.25) is 4.79 Å². The second-order valence-electron chi connectivity index (χ2n) is 6.54. The fourth-order valence-corrected chi connectivity index (χ4v) is 4.07. The lowest BCUT2D eigenvalue weighted by atomic mass is 10.2. The molecule has 0 unspecified atom stereocenters. The minimum absolute atomic E-state index is 0.142. The van der Waals surface area contributed by atoms with E-state index in [1.165, 1.54) is 14.2 Å². The number of rotatable bonds is 7. The lowest BCUT2D eigenvalue weighted by Gasteiger charge is -2.18. The number of sulfonamides is 1. The zero-order valence-corrected chi connectivity index (χ0v) is 17.3. The van der Waals surface area contributed by atoms with Crippen LogP contribution in [0.3, 0.4) is 0 Å². The highest BCUT2D eigenvalue weighted by Crippen LogP contribution is 2.25. The van der Waals surface area contributed by atoms with Crippen LogP contribution in [0, 0.1) is 5.82 Å². The van der Waals surface area contributed by atoms with Gasteiger partial charge in [0.1, 0.15) is 11.6 Å². The highest BCUT2D eigenvalue weighted by atomic mass is 32.2. The third-order valence-corrected chi connectivity index (χ3v) is 6.29. The summed E-state index contributed by atoms with van der Waals surface area (Å²) in [6.07, 6.45) is 0. The quantitative estimate of drug-likeness (QED) is 0.619. The summed E-state index contributed by atoms with van der Waals surface area (Å²) in [5.74, 6) is -1.20. The maximum atomic E-state index is 14.3.